The van der Waals surface area contributed by atoms with Crippen molar-refractivity contribution in [2.75, 3.05) is 39.5 Å². The van der Waals surface area contributed by atoms with Crippen molar-refractivity contribution in [3.8, 4) is 0 Å². The van der Waals surface area contributed by atoms with Crippen molar-refractivity contribution in [3.63, 3.8) is 0 Å². The Balaban J connectivity index is 1.66. The number of nitro benzene ring substituents is 1. The minimum Gasteiger partial charge on any atom is -0.445 e. The van der Waals surface area contributed by atoms with Crippen LogP contribution in [0.4, 0.5) is 15.3 Å². The summed E-state index contributed by atoms with van der Waals surface area (Å²) < 4.78 is 33.4. The van der Waals surface area contributed by atoms with Crippen LogP contribution in [0.25, 0.3) is 0 Å². The summed E-state index contributed by atoms with van der Waals surface area (Å²) in [6.07, 6.45) is -0.227. The fraction of sp³-hybridized carbons (Fsp3) is 0.556. The number of urea groups is 1. The van der Waals surface area contributed by atoms with Crippen LogP contribution in [-0.4, -0.2) is 91.8 Å². The van der Waals surface area contributed by atoms with Crippen LogP contribution in [0.3, 0.4) is 0 Å². The third-order valence-electron chi connectivity index (χ3n) is 5.16. The first-order chi connectivity index (χ1) is 14.5. The maximum Gasteiger partial charge on any atom is 0.410 e. The number of carbonyl (C=O) groups excluding carboxylic acids is 2. The third-order valence-corrected chi connectivity index (χ3v) is 5.79. The number of hydrogen-bond donors (Lipinski definition) is 0. The van der Waals surface area contributed by atoms with Crippen LogP contribution in [0.5, 0.6) is 0 Å². The van der Waals surface area contributed by atoms with Gasteiger partial charge in [0.25, 0.3) is 15.8 Å². The highest BCUT2D eigenvalue weighted by molar-refractivity contribution is 7.86. The van der Waals surface area contributed by atoms with E-state index >= 15 is 0 Å². The number of nitro groups is 1. The Morgan fingerprint density at radius 1 is 1.26 bits per heavy atom. The van der Waals surface area contributed by atoms with Crippen molar-refractivity contribution >= 4 is 27.9 Å². The molecular weight excluding hydrogens is 432 g/mol. The van der Waals surface area contributed by atoms with Crippen LogP contribution in [0, 0.1) is 10.1 Å². The summed E-state index contributed by atoms with van der Waals surface area (Å²) in [5.74, 6) is 0. The van der Waals surface area contributed by atoms with E-state index in [2.05, 4.69) is 0 Å². The minimum absolute atomic E-state index is 0.00863. The van der Waals surface area contributed by atoms with Crippen molar-refractivity contribution in [1.29, 1.82) is 0 Å². The molecule has 1 aromatic carbocycles. The van der Waals surface area contributed by atoms with Crippen molar-refractivity contribution in [2.45, 2.75) is 25.2 Å². The molecule has 2 aliphatic heterocycles. The Morgan fingerprint density at radius 3 is 2.48 bits per heavy atom. The number of rotatable bonds is 7. The molecular formula is C18H24N4O8S. The average molecular weight is 456 g/mol. The summed E-state index contributed by atoms with van der Waals surface area (Å²) in [4.78, 5) is 39.7. The van der Waals surface area contributed by atoms with E-state index in [-0.39, 0.29) is 37.8 Å². The first-order valence-corrected chi connectivity index (χ1v) is 11.4. The van der Waals surface area contributed by atoms with Gasteiger partial charge in [0.05, 0.1) is 29.9 Å². The number of carbonyl (C=O) groups is 2. The Hall–Kier alpha value is -2.93. The van der Waals surface area contributed by atoms with E-state index in [4.69, 9.17) is 8.92 Å². The lowest BCUT2D eigenvalue weighted by Gasteiger charge is -2.27. The predicted molar refractivity (Wildman–Crippen MR) is 108 cm³/mol. The number of amides is 3. The molecule has 0 saturated carbocycles. The molecule has 0 radical (unpaired) electrons. The predicted octanol–water partition coefficient (Wildman–Crippen LogP) is 1.02. The molecule has 0 aromatic heterocycles. The summed E-state index contributed by atoms with van der Waals surface area (Å²) in [5, 5.41) is 10.7. The van der Waals surface area contributed by atoms with E-state index in [1.165, 1.54) is 29.2 Å². The van der Waals surface area contributed by atoms with Gasteiger partial charge >= 0.3 is 12.1 Å². The van der Waals surface area contributed by atoms with E-state index in [0.29, 0.717) is 18.7 Å². The summed E-state index contributed by atoms with van der Waals surface area (Å²) in [5.41, 5.74) is 0.491. The molecule has 2 aliphatic rings. The number of benzene rings is 1. The van der Waals surface area contributed by atoms with E-state index < -0.39 is 33.3 Å². The molecule has 0 N–H and O–H groups in total. The molecule has 2 heterocycles. The second-order valence-electron chi connectivity index (χ2n) is 7.59. The van der Waals surface area contributed by atoms with Gasteiger partial charge in [0.1, 0.15) is 6.61 Å². The minimum atomic E-state index is -3.72. The zero-order valence-electron chi connectivity index (χ0n) is 17.2. The van der Waals surface area contributed by atoms with Crippen molar-refractivity contribution in [1.82, 2.24) is 14.7 Å². The molecule has 31 heavy (non-hydrogen) atoms. The molecule has 1 aromatic rings. The Bertz CT molecular complexity index is 952. The zero-order chi connectivity index (χ0) is 22.8. The zero-order valence-corrected chi connectivity index (χ0v) is 18.0. The van der Waals surface area contributed by atoms with Crippen LogP contribution < -0.4 is 0 Å². The summed E-state index contributed by atoms with van der Waals surface area (Å²) >= 11 is 0. The van der Waals surface area contributed by atoms with Gasteiger partial charge in [-0.2, -0.15) is 8.42 Å². The molecule has 170 valence electrons. The van der Waals surface area contributed by atoms with Gasteiger partial charge in [0.2, 0.25) is 0 Å². The summed E-state index contributed by atoms with van der Waals surface area (Å²) in [6.45, 7) is 1.21. The lowest BCUT2D eigenvalue weighted by molar-refractivity contribution is -0.384. The highest BCUT2D eigenvalue weighted by Crippen LogP contribution is 2.25. The molecule has 3 amide bonds. The highest BCUT2D eigenvalue weighted by atomic mass is 32.2. The van der Waals surface area contributed by atoms with E-state index in [1.807, 2.05) is 0 Å². The average Bonchev–Trinajstić information content (AvgIpc) is 3.23. The Morgan fingerprint density at radius 2 is 1.94 bits per heavy atom. The molecule has 2 fully saturated rings. The maximum atomic E-state index is 12.7. The monoisotopic (exact) mass is 456 g/mol. The van der Waals surface area contributed by atoms with Crippen LogP contribution in [0.2, 0.25) is 0 Å². The quantitative estimate of drug-likeness (QED) is 0.336. The Labute approximate surface area is 179 Å². The maximum absolute atomic E-state index is 12.7. The number of non-ortho nitro benzene ring substituents is 1. The molecule has 0 unspecified atom stereocenters. The van der Waals surface area contributed by atoms with Gasteiger partial charge in [-0.3, -0.25) is 14.3 Å². The van der Waals surface area contributed by atoms with Gasteiger partial charge in [-0.25, -0.2) is 9.59 Å². The molecule has 0 aliphatic carbocycles. The molecule has 2 atom stereocenters. The molecule has 13 heteroatoms. The van der Waals surface area contributed by atoms with Gasteiger partial charge in [-0.15, -0.1) is 0 Å². The smallest absolute Gasteiger partial charge is 0.410 e. The van der Waals surface area contributed by atoms with Crippen molar-refractivity contribution in [2.24, 2.45) is 0 Å². The number of hydrogen-bond acceptors (Lipinski definition) is 8. The van der Waals surface area contributed by atoms with E-state index in [1.54, 1.807) is 16.8 Å². The number of likely N-dealkylation sites (tertiary alicyclic amines) is 1. The lowest BCUT2D eigenvalue weighted by atomic mass is 10.2. The van der Waals surface area contributed by atoms with Gasteiger partial charge in [0.15, 0.2) is 0 Å². The van der Waals surface area contributed by atoms with Crippen LogP contribution in [0.15, 0.2) is 24.3 Å². The lowest BCUT2D eigenvalue weighted by Crippen LogP contribution is -2.44. The third kappa shape index (κ3) is 5.82. The number of likely N-dealkylation sites (N-methyl/N-ethyl adjacent to an activating group) is 1. The first-order valence-electron chi connectivity index (χ1n) is 9.58. The normalized spacial score (nSPS) is 21.6. The van der Waals surface area contributed by atoms with E-state index in [9.17, 15) is 28.1 Å². The van der Waals surface area contributed by atoms with Crippen molar-refractivity contribution < 1.29 is 31.9 Å². The van der Waals surface area contributed by atoms with E-state index in [0.717, 1.165) is 6.26 Å². The van der Waals surface area contributed by atoms with Gasteiger partial charge < -0.3 is 19.4 Å². The van der Waals surface area contributed by atoms with Crippen LogP contribution >= 0.6 is 0 Å². The summed E-state index contributed by atoms with van der Waals surface area (Å²) in [7, 11) is -2.03. The topological polar surface area (TPSA) is 140 Å². The number of ether oxygens (including phenoxy) is 1. The largest absolute Gasteiger partial charge is 0.445 e. The first kappa shape index (κ1) is 22.7. The van der Waals surface area contributed by atoms with Gasteiger partial charge in [-0.1, -0.05) is 0 Å². The fourth-order valence-corrected chi connectivity index (χ4v) is 4.29. The molecule has 2 saturated heterocycles. The standard InChI is InChI=1S/C18H24N4O8S/c1-19-7-8-20(17(19)23)10-15-9-16(30-31(2,27)28)11-21(15)18(24)29-12-13-3-5-14(6-4-13)22(25)26/h3-6,15-16H,7-12H2,1-2H3/t15-,16+/m0/s1. The summed E-state index contributed by atoms with van der Waals surface area (Å²) in [6, 6.07) is 4.97. The molecule has 3 rings (SSSR count). The SMILES string of the molecule is CN1CCN(C[C@@H]2C[C@@H](OS(C)(=O)=O)CN2C(=O)OCc2ccc([N+](=O)[O-])cc2)C1=O. The van der Waals surface area contributed by atoms with Crippen LogP contribution in [-0.2, 0) is 25.6 Å². The number of nitrogens with zero attached hydrogens (tertiary/aromatic N) is 4. The Kier molecular flexibility index (Phi) is 6.65. The van der Waals surface area contributed by atoms with Gasteiger partial charge in [-0.05, 0) is 24.1 Å². The van der Waals surface area contributed by atoms with Crippen molar-refractivity contribution in [3.05, 3.63) is 39.9 Å². The molecule has 12 nitrogen and oxygen atoms in total. The second kappa shape index (κ2) is 9.06. The fourth-order valence-electron chi connectivity index (χ4n) is 3.66. The van der Waals surface area contributed by atoms with Gasteiger partial charge in [0, 0.05) is 38.8 Å². The molecule has 0 spiro atoms. The second-order valence-corrected chi connectivity index (χ2v) is 9.19. The highest BCUT2D eigenvalue weighted by Gasteiger charge is 2.41. The van der Waals surface area contributed by atoms with Crippen LogP contribution in [0.1, 0.15) is 12.0 Å². The molecule has 0 bridgehead atoms.